The van der Waals surface area contributed by atoms with Gasteiger partial charge < -0.3 is 15.2 Å². The summed E-state index contributed by atoms with van der Waals surface area (Å²) in [5.41, 5.74) is 0.473. The number of imide groups is 1. The number of nitrogens with one attached hydrogen (secondary N) is 1. The Kier molecular flexibility index (Phi) is 4.75. The fraction of sp³-hybridized carbons (Fsp3) is 0.333. The van der Waals surface area contributed by atoms with Crippen LogP contribution in [0.5, 0.6) is 0 Å². The highest BCUT2D eigenvalue weighted by Gasteiger charge is 2.33. The molecule has 23 heavy (non-hydrogen) atoms. The van der Waals surface area contributed by atoms with Crippen LogP contribution in [0.15, 0.2) is 18.2 Å². The summed E-state index contributed by atoms with van der Waals surface area (Å²) in [7, 11) is 2.79. The summed E-state index contributed by atoms with van der Waals surface area (Å²) >= 11 is 0. The lowest BCUT2D eigenvalue weighted by atomic mass is 10.0. The summed E-state index contributed by atoms with van der Waals surface area (Å²) in [5, 5.41) is 11.5. The molecule has 0 radical (unpaired) electrons. The summed E-state index contributed by atoms with van der Waals surface area (Å²) in [5.74, 6) is -2.73. The largest absolute Gasteiger partial charge is 0.480 e. The van der Waals surface area contributed by atoms with Gasteiger partial charge in [0.1, 0.15) is 6.04 Å². The molecule has 0 aliphatic carbocycles. The van der Waals surface area contributed by atoms with E-state index in [9.17, 15) is 19.2 Å². The minimum atomic E-state index is -1.18. The molecule has 0 saturated carbocycles. The molecule has 0 fully saturated rings. The number of carboxylic acids is 1. The molecule has 0 aromatic heterocycles. The van der Waals surface area contributed by atoms with E-state index in [4.69, 9.17) is 9.84 Å². The molecule has 1 aromatic rings. The van der Waals surface area contributed by atoms with Gasteiger partial charge in [-0.15, -0.1) is 0 Å². The monoisotopic (exact) mass is 320 g/mol. The Morgan fingerprint density at radius 1 is 1.26 bits per heavy atom. The number of aliphatic carboxylic acids is 1. The van der Waals surface area contributed by atoms with Crippen molar-refractivity contribution < 1.29 is 29.0 Å². The third-order valence-electron chi connectivity index (χ3n) is 3.57. The number of hydrogen-bond donors (Lipinski definition) is 2. The Balaban J connectivity index is 2.20. The van der Waals surface area contributed by atoms with Crippen LogP contribution >= 0.6 is 0 Å². The molecule has 1 unspecified atom stereocenters. The van der Waals surface area contributed by atoms with E-state index in [0.717, 1.165) is 4.90 Å². The topological polar surface area (TPSA) is 113 Å². The van der Waals surface area contributed by atoms with E-state index in [1.54, 1.807) is 0 Å². The lowest BCUT2D eigenvalue weighted by Crippen LogP contribution is -2.41. The minimum absolute atomic E-state index is 0.114. The zero-order valence-corrected chi connectivity index (χ0v) is 12.7. The van der Waals surface area contributed by atoms with Crippen LogP contribution in [0.4, 0.5) is 0 Å². The van der Waals surface area contributed by atoms with Crippen LogP contribution in [0.1, 0.15) is 37.5 Å². The Hall–Kier alpha value is -2.74. The Bertz CT molecular complexity index is 685. The number of nitrogens with zero attached hydrogens (tertiary/aromatic N) is 1. The van der Waals surface area contributed by atoms with Gasteiger partial charge in [0.15, 0.2) is 0 Å². The second-order valence-electron chi connectivity index (χ2n) is 5.08. The van der Waals surface area contributed by atoms with Crippen molar-refractivity contribution in [2.45, 2.75) is 12.5 Å². The minimum Gasteiger partial charge on any atom is -0.480 e. The molecule has 1 heterocycles. The molecular formula is C15H16N2O6. The lowest BCUT2D eigenvalue weighted by molar-refractivity contribution is -0.139. The summed E-state index contributed by atoms with van der Waals surface area (Å²) in [6.45, 7) is 0.180. The smallest absolute Gasteiger partial charge is 0.326 e. The molecule has 0 bridgehead atoms. The average Bonchev–Trinajstić information content (AvgIpc) is 2.75. The number of carboxylic acid groups (broad SMARTS) is 1. The van der Waals surface area contributed by atoms with Crippen LogP contribution in [0, 0.1) is 0 Å². The number of hydrogen-bond acceptors (Lipinski definition) is 5. The van der Waals surface area contributed by atoms with Gasteiger partial charge in [0.2, 0.25) is 0 Å². The highest BCUT2D eigenvalue weighted by molar-refractivity contribution is 6.21. The predicted octanol–water partition coefficient (Wildman–Crippen LogP) is 0.132. The standard InChI is InChI=1S/C15H16N2O6/c1-17-13(19)9-4-3-8(7-10(9)14(17)20)12(18)16-11(15(21)22)5-6-23-2/h3-4,7,11H,5-6H2,1-2H3,(H,16,18)(H,21,22). The molecule has 0 saturated heterocycles. The van der Waals surface area contributed by atoms with Gasteiger partial charge in [-0.25, -0.2) is 4.79 Å². The first kappa shape index (κ1) is 16.6. The van der Waals surface area contributed by atoms with Gasteiger partial charge in [-0.2, -0.15) is 0 Å². The van der Waals surface area contributed by atoms with Crippen molar-refractivity contribution >= 4 is 23.7 Å². The molecule has 8 heteroatoms. The second-order valence-corrected chi connectivity index (χ2v) is 5.08. The highest BCUT2D eigenvalue weighted by atomic mass is 16.5. The first-order chi connectivity index (χ1) is 10.9. The molecule has 3 amide bonds. The van der Waals surface area contributed by atoms with Crippen LogP contribution < -0.4 is 5.32 Å². The zero-order chi connectivity index (χ0) is 17.1. The molecular weight excluding hydrogens is 304 g/mol. The highest BCUT2D eigenvalue weighted by Crippen LogP contribution is 2.22. The first-order valence-electron chi connectivity index (χ1n) is 6.86. The number of carbonyl (C=O) groups is 4. The Morgan fingerprint density at radius 2 is 1.91 bits per heavy atom. The van der Waals surface area contributed by atoms with Crippen LogP contribution in [0.25, 0.3) is 0 Å². The van der Waals surface area contributed by atoms with Crippen molar-refractivity contribution in [1.82, 2.24) is 10.2 Å². The normalized spacial score (nSPS) is 14.6. The molecule has 1 aliphatic rings. The second kappa shape index (κ2) is 6.57. The summed E-state index contributed by atoms with van der Waals surface area (Å²) in [4.78, 5) is 48.0. The molecule has 1 aliphatic heterocycles. The van der Waals surface area contributed by atoms with E-state index >= 15 is 0 Å². The molecule has 0 spiro atoms. The summed E-state index contributed by atoms with van der Waals surface area (Å²) in [6.07, 6.45) is 0.114. The number of methoxy groups -OCH3 is 1. The van der Waals surface area contributed by atoms with Gasteiger partial charge >= 0.3 is 5.97 Å². The maximum Gasteiger partial charge on any atom is 0.326 e. The van der Waals surface area contributed by atoms with Gasteiger partial charge in [-0.05, 0) is 18.2 Å². The third-order valence-corrected chi connectivity index (χ3v) is 3.57. The predicted molar refractivity (Wildman–Crippen MR) is 78.2 cm³/mol. The van der Waals surface area contributed by atoms with Gasteiger partial charge in [0.25, 0.3) is 17.7 Å². The van der Waals surface area contributed by atoms with Crippen molar-refractivity contribution in [3.63, 3.8) is 0 Å². The van der Waals surface area contributed by atoms with E-state index in [1.165, 1.54) is 32.4 Å². The number of ether oxygens (including phenoxy) is 1. The maximum atomic E-state index is 12.2. The van der Waals surface area contributed by atoms with Crippen molar-refractivity contribution in [2.24, 2.45) is 0 Å². The molecule has 2 N–H and O–H groups in total. The zero-order valence-electron chi connectivity index (χ0n) is 12.7. The van der Waals surface area contributed by atoms with Crippen molar-refractivity contribution in [2.75, 3.05) is 20.8 Å². The fourth-order valence-corrected chi connectivity index (χ4v) is 2.24. The van der Waals surface area contributed by atoms with Crippen LogP contribution in [-0.4, -0.2) is 60.5 Å². The third kappa shape index (κ3) is 3.21. The molecule has 122 valence electrons. The van der Waals surface area contributed by atoms with E-state index in [-0.39, 0.29) is 29.7 Å². The van der Waals surface area contributed by atoms with Crippen molar-refractivity contribution in [1.29, 1.82) is 0 Å². The number of fused-ring (bicyclic) bond motifs is 1. The van der Waals surface area contributed by atoms with Crippen LogP contribution in [0.2, 0.25) is 0 Å². The fourth-order valence-electron chi connectivity index (χ4n) is 2.24. The number of rotatable bonds is 6. The van der Waals surface area contributed by atoms with Gasteiger partial charge in [0.05, 0.1) is 11.1 Å². The number of benzene rings is 1. The quantitative estimate of drug-likeness (QED) is 0.721. The first-order valence-corrected chi connectivity index (χ1v) is 6.86. The average molecular weight is 320 g/mol. The maximum absolute atomic E-state index is 12.2. The molecule has 8 nitrogen and oxygen atoms in total. The van der Waals surface area contributed by atoms with Gasteiger partial charge in [0, 0.05) is 32.7 Å². The molecule has 1 atom stereocenters. The van der Waals surface area contributed by atoms with Crippen molar-refractivity contribution in [3.05, 3.63) is 34.9 Å². The van der Waals surface area contributed by atoms with E-state index < -0.39 is 29.7 Å². The van der Waals surface area contributed by atoms with E-state index in [0.29, 0.717) is 0 Å². The number of carbonyl (C=O) groups excluding carboxylic acids is 3. The number of amides is 3. The van der Waals surface area contributed by atoms with Crippen LogP contribution in [-0.2, 0) is 9.53 Å². The molecule has 1 aromatic carbocycles. The van der Waals surface area contributed by atoms with Gasteiger partial charge in [-0.3, -0.25) is 19.3 Å². The lowest BCUT2D eigenvalue weighted by Gasteiger charge is -2.14. The van der Waals surface area contributed by atoms with Crippen LogP contribution in [0.3, 0.4) is 0 Å². The van der Waals surface area contributed by atoms with Gasteiger partial charge in [-0.1, -0.05) is 0 Å². The summed E-state index contributed by atoms with van der Waals surface area (Å²) in [6, 6.07) is 2.96. The SMILES string of the molecule is COCCC(NC(=O)c1ccc2c(c1)C(=O)N(C)C2=O)C(=O)O. The Morgan fingerprint density at radius 3 is 2.52 bits per heavy atom. The Labute approximate surface area is 132 Å². The summed E-state index contributed by atoms with van der Waals surface area (Å²) < 4.78 is 4.81. The molecule has 2 rings (SSSR count). The van der Waals surface area contributed by atoms with Crippen molar-refractivity contribution in [3.8, 4) is 0 Å². The van der Waals surface area contributed by atoms with E-state index in [1.807, 2.05) is 0 Å². The van der Waals surface area contributed by atoms with E-state index in [2.05, 4.69) is 5.32 Å².